The third-order valence-electron chi connectivity index (χ3n) is 2.90. The predicted molar refractivity (Wildman–Crippen MR) is 64.8 cm³/mol. The maximum Gasteiger partial charge on any atom is 0.159 e. The zero-order chi connectivity index (χ0) is 12.6. The van der Waals surface area contributed by atoms with E-state index in [4.69, 9.17) is 4.74 Å². The third kappa shape index (κ3) is 2.43. The van der Waals surface area contributed by atoms with E-state index in [1.54, 1.807) is 0 Å². The first kappa shape index (κ1) is 13.1. The average Bonchev–Trinajstić information content (AvgIpc) is 2.66. The van der Waals surface area contributed by atoms with Gasteiger partial charge in [0.1, 0.15) is 29.8 Å². The number of aliphatic hydroxyl groups excluding tert-OH is 3. The summed E-state index contributed by atoms with van der Waals surface area (Å²) in [7, 11) is 0. The second-order valence-corrected chi connectivity index (χ2v) is 5.35. The van der Waals surface area contributed by atoms with Crippen LogP contribution in [0.25, 0.3) is 0 Å². The van der Waals surface area contributed by atoms with Crippen molar-refractivity contribution in [2.75, 3.05) is 6.54 Å². The quantitative estimate of drug-likeness (QED) is 0.504. The van der Waals surface area contributed by atoms with E-state index >= 15 is 0 Å². The molecule has 0 aromatic heterocycles. The van der Waals surface area contributed by atoms with E-state index in [1.165, 1.54) is 18.7 Å². The number of fused-ring (bicyclic) bond motifs is 1. The number of thioether (sulfide) groups is 1. The monoisotopic (exact) mass is 262 g/mol. The summed E-state index contributed by atoms with van der Waals surface area (Å²) in [5.41, 5.74) is -0.345. The van der Waals surface area contributed by atoms with E-state index in [-0.39, 0.29) is 5.44 Å². The summed E-state index contributed by atoms with van der Waals surface area (Å²) in [5.74, 6) is 0. The first-order valence-corrected chi connectivity index (χ1v) is 6.60. The summed E-state index contributed by atoms with van der Waals surface area (Å²) < 4.78 is 5.58. The van der Waals surface area contributed by atoms with Crippen LogP contribution in [0.3, 0.4) is 0 Å². The van der Waals surface area contributed by atoms with E-state index in [0.29, 0.717) is 5.17 Å². The Kier molecular flexibility index (Phi) is 3.94. The van der Waals surface area contributed by atoms with Gasteiger partial charge in [0.15, 0.2) is 5.17 Å². The molecule has 0 aromatic rings. The normalized spacial score (nSPS) is 42.9. The number of ether oxygens (including phenoxy) is 1. The molecule has 2 heterocycles. The zero-order valence-electron chi connectivity index (χ0n) is 9.78. The second-order valence-electron chi connectivity index (χ2n) is 4.26. The van der Waals surface area contributed by atoms with E-state index < -0.39 is 30.5 Å². The second kappa shape index (κ2) is 5.11. The van der Waals surface area contributed by atoms with Gasteiger partial charge < -0.3 is 25.4 Å². The number of hydrogen-bond donors (Lipinski definition) is 4. The zero-order valence-corrected chi connectivity index (χ0v) is 10.6. The van der Waals surface area contributed by atoms with Gasteiger partial charge in [0, 0.05) is 6.54 Å². The van der Waals surface area contributed by atoms with Gasteiger partial charge in [-0.2, -0.15) is 0 Å². The molecule has 0 radical (unpaired) electrons. The molecule has 0 spiro atoms. The molecule has 98 valence electrons. The van der Waals surface area contributed by atoms with Gasteiger partial charge >= 0.3 is 0 Å². The van der Waals surface area contributed by atoms with Crippen molar-refractivity contribution < 1.29 is 20.1 Å². The van der Waals surface area contributed by atoms with Crippen molar-refractivity contribution in [3.05, 3.63) is 0 Å². The minimum Gasteiger partial charge on any atom is -0.391 e. The topological polar surface area (TPSA) is 94.3 Å². The van der Waals surface area contributed by atoms with Gasteiger partial charge in [0.2, 0.25) is 0 Å². The van der Waals surface area contributed by atoms with Gasteiger partial charge in [-0.25, -0.2) is 0 Å². The number of amidine groups is 1. The minimum atomic E-state index is -1.11. The van der Waals surface area contributed by atoms with Crippen LogP contribution in [-0.4, -0.2) is 62.9 Å². The van der Waals surface area contributed by atoms with Crippen molar-refractivity contribution in [1.29, 1.82) is 0 Å². The van der Waals surface area contributed by atoms with Crippen molar-refractivity contribution in [1.82, 2.24) is 5.32 Å². The van der Waals surface area contributed by atoms with Crippen LogP contribution in [0.5, 0.6) is 0 Å². The lowest BCUT2D eigenvalue weighted by Gasteiger charge is -2.39. The molecule has 0 aromatic carbocycles. The molecule has 6 nitrogen and oxygen atoms in total. The molecule has 0 bridgehead atoms. The smallest absolute Gasteiger partial charge is 0.159 e. The molecule has 17 heavy (non-hydrogen) atoms. The highest BCUT2D eigenvalue weighted by Crippen LogP contribution is 2.36. The molecule has 2 aliphatic heterocycles. The molecule has 4 N–H and O–H groups in total. The van der Waals surface area contributed by atoms with E-state index in [2.05, 4.69) is 10.3 Å². The maximum atomic E-state index is 9.96. The molecule has 2 aliphatic rings. The minimum absolute atomic E-state index is 0.345. The molecule has 1 saturated heterocycles. The molecule has 0 aliphatic carbocycles. The van der Waals surface area contributed by atoms with Gasteiger partial charge in [0.05, 0.1) is 6.10 Å². The summed E-state index contributed by atoms with van der Waals surface area (Å²) in [5, 5.41) is 33.1. The Morgan fingerprint density at radius 1 is 1.47 bits per heavy atom. The van der Waals surface area contributed by atoms with Gasteiger partial charge in [-0.05, 0) is 13.8 Å². The molecule has 0 unspecified atom stereocenters. The molecular weight excluding hydrogens is 244 g/mol. The molecule has 6 atom stereocenters. The molecule has 7 heteroatoms. The summed E-state index contributed by atoms with van der Waals surface area (Å²) in [6.07, 6.45) is -3.71. The van der Waals surface area contributed by atoms with E-state index in [1.807, 2.05) is 6.92 Å². The lowest BCUT2D eigenvalue weighted by atomic mass is 9.95. The van der Waals surface area contributed by atoms with E-state index in [0.717, 1.165) is 6.54 Å². The SMILES string of the molecule is CCNC1=N[C@@H]2[C@@H](O)[C@H](O)[C@@H]([C@@H](C)O)O[C@@H]2S1. The van der Waals surface area contributed by atoms with Crippen molar-refractivity contribution in [3.63, 3.8) is 0 Å². The van der Waals surface area contributed by atoms with Crippen molar-refractivity contribution in [2.24, 2.45) is 4.99 Å². The highest BCUT2D eigenvalue weighted by atomic mass is 32.2. The Labute approximate surface area is 104 Å². The highest BCUT2D eigenvalue weighted by molar-refractivity contribution is 8.14. The number of aliphatic imine (C=N–C) groups is 1. The van der Waals surface area contributed by atoms with Crippen LogP contribution in [-0.2, 0) is 4.74 Å². The Bertz CT molecular complexity index is 313. The Morgan fingerprint density at radius 2 is 2.18 bits per heavy atom. The van der Waals surface area contributed by atoms with Crippen LogP contribution in [0.15, 0.2) is 4.99 Å². The molecule has 2 rings (SSSR count). The number of aliphatic hydroxyl groups is 3. The van der Waals surface area contributed by atoms with Crippen LogP contribution in [0.4, 0.5) is 0 Å². The van der Waals surface area contributed by atoms with Crippen LogP contribution >= 0.6 is 11.8 Å². The Morgan fingerprint density at radius 3 is 2.76 bits per heavy atom. The fourth-order valence-electron chi connectivity index (χ4n) is 2.02. The first-order valence-electron chi connectivity index (χ1n) is 5.72. The van der Waals surface area contributed by atoms with Crippen molar-refractivity contribution >= 4 is 16.9 Å². The summed E-state index contributed by atoms with van der Waals surface area (Å²) in [4.78, 5) is 4.28. The summed E-state index contributed by atoms with van der Waals surface area (Å²) in [6, 6.07) is -0.473. The lowest BCUT2D eigenvalue weighted by Crippen LogP contribution is -2.57. The fraction of sp³-hybridized carbons (Fsp3) is 0.900. The lowest BCUT2D eigenvalue weighted by molar-refractivity contribution is -0.181. The van der Waals surface area contributed by atoms with Crippen molar-refractivity contribution in [2.45, 2.75) is 49.7 Å². The maximum absolute atomic E-state index is 9.96. The number of hydrogen-bond acceptors (Lipinski definition) is 7. The summed E-state index contributed by atoms with van der Waals surface area (Å²) in [6.45, 7) is 4.23. The predicted octanol–water partition coefficient (Wildman–Crippen LogP) is -1.11. The van der Waals surface area contributed by atoms with Gasteiger partial charge in [-0.3, -0.25) is 4.99 Å². The molecule has 1 fully saturated rings. The van der Waals surface area contributed by atoms with Crippen LogP contribution in [0.2, 0.25) is 0 Å². The van der Waals surface area contributed by atoms with Gasteiger partial charge in [-0.15, -0.1) is 0 Å². The van der Waals surface area contributed by atoms with Gasteiger partial charge in [-0.1, -0.05) is 11.8 Å². The molecular formula is C10H18N2O4S. The number of nitrogens with one attached hydrogen (secondary N) is 1. The average molecular weight is 262 g/mol. The summed E-state index contributed by atoms with van der Waals surface area (Å²) >= 11 is 1.38. The number of nitrogens with zero attached hydrogens (tertiary/aromatic N) is 1. The molecule has 0 saturated carbocycles. The largest absolute Gasteiger partial charge is 0.391 e. The Hall–Kier alpha value is -0.340. The van der Waals surface area contributed by atoms with E-state index in [9.17, 15) is 15.3 Å². The first-order chi connectivity index (χ1) is 8.04. The van der Waals surface area contributed by atoms with Crippen LogP contribution < -0.4 is 5.32 Å². The third-order valence-corrected chi connectivity index (χ3v) is 4.00. The van der Waals surface area contributed by atoms with Crippen LogP contribution in [0, 0.1) is 0 Å². The molecule has 0 amide bonds. The van der Waals surface area contributed by atoms with Crippen molar-refractivity contribution in [3.8, 4) is 0 Å². The van der Waals surface area contributed by atoms with Gasteiger partial charge in [0.25, 0.3) is 0 Å². The number of rotatable bonds is 2. The Balaban J connectivity index is 2.10. The van der Waals surface area contributed by atoms with Crippen LogP contribution in [0.1, 0.15) is 13.8 Å². The highest BCUT2D eigenvalue weighted by Gasteiger charge is 2.49. The standard InChI is InChI=1S/C10H18N2O4S/c1-3-11-10-12-5-6(14)7(15)8(4(2)13)16-9(5)17-10/h4-9,13-15H,3H2,1-2H3,(H,11,12)/t4-,5-,6-,7+,8-,9-/m1/s1. The fourth-order valence-corrected chi connectivity index (χ4v) is 3.20.